The van der Waals surface area contributed by atoms with Crippen LogP contribution in [0.5, 0.6) is 5.75 Å². The minimum absolute atomic E-state index is 0.0922. The first-order valence-electron chi connectivity index (χ1n) is 5.16. The first kappa shape index (κ1) is 13.0. The maximum absolute atomic E-state index is 11.5. The van der Waals surface area contributed by atoms with Gasteiger partial charge in [-0.2, -0.15) is 0 Å². The summed E-state index contributed by atoms with van der Waals surface area (Å²) in [7, 11) is 0. The fourth-order valence-electron chi connectivity index (χ4n) is 1.11. The lowest BCUT2D eigenvalue weighted by molar-refractivity contribution is -0.137. The van der Waals surface area contributed by atoms with Crippen molar-refractivity contribution in [1.82, 2.24) is 10.3 Å². The van der Waals surface area contributed by atoms with Gasteiger partial charge in [0.2, 0.25) is 0 Å². The number of hydrogen-bond acceptors (Lipinski definition) is 4. The Morgan fingerprint density at radius 1 is 1.59 bits per heavy atom. The van der Waals surface area contributed by atoms with E-state index in [1.54, 1.807) is 25.3 Å². The van der Waals surface area contributed by atoms with Gasteiger partial charge >= 0.3 is 5.97 Å². The number of carbonyl (C=O) groups is 2. The summed E-state index contributed by atoms with van der Waals surface area (Å²) in [5.41, 5.74) is 0. The molecule has 0 aliphatic heterocycles. The molecule has 1 aromatic heterocycles. The van der Waals surface area contributed by atoms with Crippen molar-refractivity contribution in [3.63, 3.8) is 0 Å². The second-order valence-electron chi connectivity index (χ2n) is 3.38. The second kappa shape index (κ2) is 6.47. The van der Waals surface area contributed by atoms with Crippen LogP contribution in [0.15, 0.2) is 24.5 Å². The van der Waals surface area contributed by atoms with E-state index in [0.717, 1.165) is 0 Å². The van der Waals surface area contributed by atoms with Gasteiger partial charge in [-0.05, 0) is 19.1 Å². The molecule has 0 aliphatic rings. The summed E-state index contributed by atoms with van der Waals surface area (Å²) in [5.74, 6) is -0.811. The van der Waals surface area contributed by atoms with Crippen LogP contribution in [0.4, 0.5) is 0 Å². The maximum atomic E-state index is 11.5. The molecule has 0 saturated carbocycles. The van der Waals surface area contributed by atoms with Gasteiger partial charge in [-0.15, -0.1) is 0 Å². The zero-order valence-corrected chi connectivity index (χ0v) is 9.42. The summed E-state index contributed by atoms with van der Waals surface area (Å²) in [5, 5.41) is 10.9. The number of amides is 1. The van der Waals surface area contributed by atoms with Gasteiger partial charge in [0.25, 0.3) is 5.91 Å². The molecule has 92 valence electrons. The Hall–Kier alpha value is -2.11. The quantitative estimate of drug-likeness (QED) is 0.750. The largest absolute Gasteiger partial charge is 0.481 e. The smallest absolute Gasteiger partial charge is 0.305 e. The zero-order valence-electron chi connectivity index (χ0n) is 9.42. The van der Waals surface area contributed by atoms with Crippen molar-refractivity contribution >= 4 is 11.9 Å². The molecule has 0 bridgehead atoms. The highest BCUT2D eigenvalue weighted by molar-refractivity contribution is 5.81. The van der Waals surface area contributed by atoms with Gasteiger partial charge < -0.3 is 15.2 Å². The van der Waals surface area contributed by atoms with E-state index in [1.807, 2.05) is 0 Å². The summed E-state index contributed by atoms with van der Waals surface area (Å²) < 4.78 is 5.31. The van der Waals surface area contributed by atoms with Crippen molar-refractivity contribution in [1.29, 1.82) is 0 Å². The summed E-state index contributed by atoms with van der Waals surface area (Å²) in [6, 6.07) is 3.39. The predicted octanol–water partition coefficient (Wildman–Crippen LogP) is 0.440. The van der Waals surface area contributed by atoms with Crippen molar-refractivity contribution < 1.29 is 19.4 Å². The predicted molar refractivity (Wildman–Crippen MR) is 59.6 cm³/mol. The number of aliphatic carboxylic acids is 1. The van der Waals surface area contributed by atoms with Crippen LogP contribution < -0.4 is 10.1 Å². The minimum atomic E-state index is -0.953. The Bertz CT molecular complexity index is 380. The van der Waals surface area contributed by atoms with E-state index in [1.165, 1.54) is 6.20 Å². The third-order valence-electron chi connectivity index (χ3n) is 1.95. The lowest BCUT2D eigenvalue weighted by Gasteiger charge is -2.13. The van der Waals surface area contributed by atoms with Crippen LogP contribution in [-0.4, -0.2) is 34.6 Å². The second-order valence-corrected chi connectivity index (χ2v) is 3.38. The lowest BCUT2D eigenvalue weighted by atomic mass is 10.3. The van der Waals surface area contributed by atoms with Crippen LogP contribution in [0.1, 0.15) is 13.3 Å². The van der Waals surface area contributed by atoms with Gasteiger partial charge in [-0.25, -0.2) is 0 Å². The monoisotopic (exact) mass is 238 g/mol. The number of pyridine rings is 1. The summed E-state index contributed by atoms with van der Waals surface area (Å²) >= 11 is 0. The Morgan fingerprint density at radius 3 is 2.94 bits per heavy atom. The Morgan fingerprint density at radius 2 is 2.35 bits per heavy atom. The SMILES string of the molecule is CC(Oc1cccnc1)C(=O)NCCC(=O)O. The van der Waals surface area contributed by atoms with Gasteiger partial charge in [-0.1, -0.05) is 0 Å². The summed E-state index contributed by atoms with van der Waals surface area (Å²) in [4.78, 5) is 25.6. The third kappa shape index (κ3) is 4.96. The van der Waals surface area contributed by atoms with E-state index >= 15 is 0 Å². The van der Waals surface area contributed by atoms with E-state index in [2.05, 4.69) is 10.3 Å². The number of rotatable bonds is 6. The number of ether oxygens (including phenoxy) is 1. The number of hydrogen-bond donors (Lipinski definition) is 2. The normalized spacial score (nSPS) is 11.6. The van der Waals surface area contributed by atoms with Crippen molar-refractivity contribution in [3.05, 3.63) is 24.5 Å². The molecule has 6 heteroatoms. The van der Waals surface area contributed by atoms with Crippen molar-refractivity contribution in [2.45, 2.75) is 19.4 Å². The fraction of sp³-hybridized carbons (Fsp3) is 0.364. The molecule has 1 unspecified atom stereocenters. The zero-order chi connectivity index (χ0) is 12.7. The molecule has 1 atom stereocenters. The molecule has 0 saturated heterocycles. The summed E-state index contributed by atoms with van der Waals surface area (Å²) in [6.45, 7) is 1.68. The molecule has 1 aromatic rings. The molecule has 1 heterocycles. The highest BCUT2D eigenvalue weighted by Gasteiger charge is 2.14. The fourth-order valence-corrected chi connectivity index (χ4v) is 1.11. The van der Waals surface area contributed by atoms with Crippen LogP contribution in [0, 0.1) is 0 Å². The molecule has 0 fully saturated rings. The number of aromatic nitrogens is 1. The molecular formula is C11H14N2O4. The number of nitrogens with one attached hydrogen (secondary N) is 1. The van der Waals surface area contributed by atoms with Crippen molar-refractivity contribution in [2.24, 2.45) is 0 Å². The van der Waals surface area contributed by atoms with E-state index in [4.69, 9.17) is 9.84 Å². The van der Waals surface area contributed by atoms with E-state index in [0.29, 0.717) is 5.75 Å². The van der Waals surface area contributed by atoms with E-state index in [-0.39, 0.29) is 18.9 Å². The molecule has 1 amide bonds. The summed E-state index contributed by atoms with van der Waals surface area (Å²) in [6.07, 6.45) is 2.31. The molecule has 0 aliphatic carbocycles. The molecule has 0 radical (unpaired) electrons. The highest BCUT2D eigenvalue weighted by atomic mass is 16.5. The lowest BCUT2D eigenvalue weighted by Crippen LogP contribution is -2.37. The van der Waals surface area contributed by atoms with Crippen LogP contribution in [0.3, 0.4) is 0 Å². The highest BCUT2D eigenvalue weighted by Crippen LogP contribution is 2.08. The van der Waals surface area contributed by atoms with Gasteiger partial charge in [0, 0.05) is 12.7 Å². The topological polar surface area (TPSA) is 88.5 Å². The van der Waals surface area contributed by atoms with Gasteiger partial charge in [0.05, 0.1) is 12.6 Å². The number of nitrogens with zero attached hydrogens (tertiary/aromatic N) is 1. The van der Waals surface area contributed by atoms with Crippen LogP contribution in [0.2, 0.25) is 0 Å². The van der Waals surface area contributed by atoms with E-state index < -0.39 is 12.1 Å². The number of carboxylic acid groups (broad SMARTS) is 1. The van der Waals surface area contributed by atoms with Gasteiger partial charge in [0.1, 0.15) is 5.75 Å². The van der Waals surface area contributed by atoms with Gasteiger partial charge in [0.15, 0.2) is 6.10 Å². The molecule has 1 rings (SSSR count). The maximum Gasteiger partial charge on any atom is 0.305 e. The van der Waals surface area contributed by atoms with Crippen LogP contribution >= 0.6 is 0 Å². The van der Waals surface area contributed by atoms with Gasteiger partial charge in [-0.3, -0.25) is 14.6 Å². The van der Waals surface area contributed by atoms with E-state index in [9.17, 15) is 9.59 Å². The molecule has 17 heavy (non-hydrogen) atoms. The average molecular weight is 238 g/mol. The molecular weight excluding hydrogens is 224 g/mol. The average Bonchev–Trinajstić information content (AvgIpc) is 2.29. The van der Waals surface area contributed by atoms with Crippen molar-refractivity contribution in [3.8, 4) is 5.75 Å². The molecule has 2 N–H and O–H groups in total. The molecule has 0 spiro atoms. The van der Waals surface area contributed by atoms with Crippen LogP contribution in [-0.2, 0) is 9.59 Å². The standard InChI is InChI=1S/C11H14N2O4/c1-8(11(16)13-6-4-10(14)15)17-9-3-2-5-12-7-9/h2-3,5,7-8H,4,6H2,1H3,(H,13,16)(H,14,15). The van der Waals surface area contributed by atoms with Crippen molar-refractivity contribution in [2.75, 3.05) is 6.54 Å². The number of carbonyl (C=O) groups excluding carboxylic acids is 1. The number of carboxylic acids is 1. The van der Waals surface area contributed by atoms with Crippen LogP contribution in [0.25, 0.3) is 0 Å². The Labute approximate surface area is 98.6 Å². The Kier molecular flexibility index (Phi) is 4.93. The first-order chi connectivity index (χ1) is 8.09. The third-order valence-corrected chi connectivity index (χ3v) is 1.95. The molecule has 0 aromatic carbocycles. The first-order valence-corrected chi connectivity index (χ1v) is 5.16. The minimum Gasteiger partial charge on any atom is -0.481 e. The Balaban J connectivity index is 2.34. The molecule has 6 nitrogen and oxygen atoms in total.